The van der Waals surface area contributed by atoms with Crippen molar-refractivity contribution in [3.8, 4) is 0 Å². The van der Waals surface area contributed by atoms with E-state index in [9.17, 15) is 13.2 Å². The molecule has 3 N–H and O–H groups in total. The highest BCUT2D eigenvalue weighted by Gasteiger charge is 2.30. The third-order valence-electron chi connectivity index (χ3n) is 2.53. The van der Waals surface area contributed by atoms with Gasteiger partial charge in [0.25, 0.3) is 0 Å². The van der Waals surface area contributed by atoms with Crippen LogP contribution in [-0.4, -0.2) is 12.1 Å². The average molecular weight is 260 g/mol. The first-order chi connectivity index (χ1) is 8.18. The molecule has 0 aliphatic rings. The summed E-state index contributed by atoms with van der Waals surface area (Å²) < 4.78 is 37.4. The lowest BCUT2D eigenvalue weighted by atomic mass is 10.0. The van der Waals surface area contributed by atoms with Crippen LogP contribution in [0.3, 0.4) is 0 Å². The molecule has 18 heavy (non-hydrogen) atoms. The van der Waals surface area contributed by atoms with Crippen molar-refractivity contribution in [1.82, 2.24) is 5.32 Å². The molecule has 5 heteroatoms. The second-order valence-corrected chi connectivity index (χ2v) is 5.11. The lowest BCUT2D eigenvalue weighted by molar-refractivity contribution is -0.137. The normalized spacial score (nSPS) is 12.8. The Morgan fingerprint density at radius 3 is 2.44 bits per heavy atom. The van der Waals surface area contributed by atoms with Crippen LogP contribution in [0.5, 0.6) is 0 Å². The lowest BCUT2D eigenvalue weighted by Gasteiger charge is -2.18. The molecule has 0 radical (unpaired) electrons. The second-order valence-electron chi connectivity index (χ2n) is 5.11. The first-order valence-corrected chi connectivity index (χ1v) is 5.84. The number of benzene rings is 1. The van der Waals surface area contributed by atoms with Crippen LogP contribution in [0, 0.1) is 0 Å². The second kappa shape index (κ2) is 5.71. The minimum atomic E-state index is -4.28. The quantitative estimate of drug-likeness (QED) is 0.799. The third kappa shape index (κ3) is 5.51. The largest absolute Gasteiger partial charge is 0.416 e. The summed E-state index contributed by atoms with van der Waals surface area (Å²) in [6.07, 6.45) is -3.51. The first-order valence-electron chi connectivity index (χ1n) is 5.84. The van der Waals surface area contributed by atoms with Crippen LogP contribution in [0.25, 0.3) is 0 Å². The summed E-state index contributed by atoms with van der Waals surface area (Å²) >= 11 is 0. The Morgan fingerprint density at radius 2 is 1.89 bits per heavy atom. The van der Waals surface area contributed by atoms with Crippen molar-refractivity contribution in [3.63, 3.8) is 0 Å². The molecule has 0 fully saturated rings. The van der Waals surface area contributed by atoms with Gasteiger partial charge >= 0.3 is 6.18 Å². The minimum Gasteiger partial charge on any atom is -0.326 e. The highest BCUT2D eigenvalue weighted by atomic mass is 19.4. The molecule has 0 spiro atoms. The Labute approximate surface area is 105 Å². The molecule has 0 amide bonds. The number of rotatable bonds is 5. The van der Waals surface area contributed by atoms with E-state index in [0.717, 1.165) is 12.5 Å². The van der Waals surface area contributed by atoms with Crippen molar-refractivity contribution in [2.45, 2.75) is 38.5 Å². The van der Waals surface area contributed by atoms with Crippen LogP contribution in [0.15, 0.2) is 24.3 Å². The van der Waals surface area contributed by atoms with Gasteiger partial charge in [0.1, 0.15) is 0 Å². The Bertz CT molecular complexity index is 381. The first kappa shape index (κ1) is 15.0. The highest BCUT2D eigenvalue weighted by Crippen LogP contribution is 2.29. The molecule has 0 aromatic heterocycles. The van der Waals surface area contributed by atoms with Gasteiger partial charge in [0.2, 0.25) is 0 Å². The molecule has 0 aliphatic heterocycles. The van der Waals surface area contributed by atoms with Crippen LogP contribution in [0.1, 0.15) is 31.4 Å². The van der Waals surface area contributed by atoms with Crippen LogP contribution < -0.4 is 11.1 Å². The number of halogens is 3. The summed E-state index contributed by atoms with van der Waals surface area (Å²) in [6.45, 7) is 4.93. The van der Waals surface area contributed by atoms with Gasteiger partial charge in [-0.25, -0.2) is 0 Å². The number of hydrogen-bond donors (Lipinski definition) is 2. The smallest absolute Gasteiger partial charge is 0.326 e. The van der Waals surface area contributed by atoms with Crippen molar-refractivity contribution < 1.29 is 13.2 Å². The Morgan fingerprint density at radius 1 is 1.22 bits per heavy atom. The van der Waals surface area contributed by atoms with Gasteiger partial charge in [0.15, 0.2) is 0 Å². The van der Waals surface area contributed by atoms with Gasteiger partial charge in [0.05, 0.1) is 5.56 Å². The van der Waals surface area contributed by atoms with E-state index in [4.69, 9.17) is 5.73 Å². The summed E-state index contributed by atoms with van der Waals surface area (Å²) in [6, 6.07) is 5.34. The lowest BCUT2D eigenvalue weighted by Crippen LogP contribution is -2.35. The molecule has 102 valence electrons. The van der Waals surface area contributed by atoms with Crippen molar-refractivity contribution >= 4 is 0 Å². The predicted octanol–water partition coefficient (Wildman–Crippen LogP) is 2.92. The minimum absolute atomic E-state index is 0.263. The third-order valence-corrected chi connectivity index (χ3v) is 2.53. The Balaban J connectivity index is 2.49. The van der Waals surface area contributed by atoms with E-state index in [1.165, 1.54) is 12.1 Å². The zero-order valence-electron chi connectivity index (χ0n) is 10.6. The van der Waals surface area contributed by atoms with Crippen molar-refractivity contribution in [1.29, 1.82) is 0 Å². The molecular weight excluding hydrogens is 241 g/mol. The molecule has 0 unspecified atom stereocenters. The van der Waals surface area contributed by atoms with Crippen LogP contribution >= 0.6 is 0 Å². The number of alkyl halides is 3. The van der Waals surface area contributed by atoms with E-state index in [1.807, 2.05) is 13.8 Å². The van der Waals surface area contributed by atoms with Gasteiger partial charge in [-0.05, 0) is 38.4 Å². The molecule has 1 aromatic rings. The van der Waals surface area contributed by atoms with E-state index in [0.29, 0.717) is 18.7 Å². The van der Waals surface area contributed by atoms with E-state index in [-0.39, 0.29) is 5.54 Å². The highest BCUT2D eigenvalue weighted by molar-refractivity contribution is 5.25. The van der Waals surface area contributed by atoms with Crippen LogP contribution in [-0.2, 0) is 12.7 Å². The molecule has 0 heterocycles. The van der Waals surface area contributed by atoms with Gasteiger partial charge in [-0.3, -0.25) is 0 Å². The van der Waals surface area contributed by atoms with Gasteiger partial charge in [-0.1, -0.05) is 18.2 Å². The molecular formula is C13H19F3N2. The molecule has 0 atom stereocenters. The number of nitrogens with one attached hydrogen (secondary N) is 1. The van der Waals surface area contributed by atoms with Crippen molar-refractivity contribution in [3.05, 3.63) is 35.4 Å². The van der Waals surface area contributed by atoms with E-state index < -0.39 is 11.7 Å². The van der Waals surface area contributed by atoms with Crippen molar-refractivity contribution in [2.24, 2.45) is 5.73 Å². The summed E-state index contributed by atoms with van der Waals surface area (Å²) in [5.74, 6) is 0. The predicted molar refractivity (Wildman–Crippen MR) is 66.0 cm³/mol. The van der Waals surface area contributed by atoms with Gasteiger partial charge in [-0.15, -0.1) is 0 Å². The molecule has 2 nitrogen and oxygen atoms in total. The standard InChI is InChI=1S/C13H19F3N2/c1-12(2,17)6-7-18-9-10-4-3-5-11(8-10)13(14,15)16/h3-5,8,18H,6-7,9,17H2,1-2H3. The maximum absolute atomic E-state index is 12.5. The summed E-state index contributed by atoms with van der Waals surface area (Å²) in [5.41, 5.74) is 5.56. The van der Waals surface area contributed by atoms with E-state index >= 15 is 0 Å². The van der Waals surface area contributed by atoms with Gasteiger partial charge in [-0.2, -0.15) is 13.2 Å². The number of nitrogens with two attached hydrogens (primary N) is 1. The molecule has 0 saturated heterocycles. The zero-order chi connectivity index (χ0) is 13.8. The zero-order valence-corrected chi connectivity index (χ0v) is 10.6. The van der Waals surface area contributed by atoms with Crippen LogP contribution in [0.2, 0.25) is 0 Å². The monoisotopic (exact) mass is 260 g/mol. The fraction of sp³-hybridized carbons (Fsp3) is 0.538. The van der Waals surface area contributed by atoms with E-state index in [1.54, 1.807) is 6.07 Å². The Hall–Kier alpha value is -1.07. The van der Waals surface area contributed by atoms with Gasteiger partial charge in [0, 0.05) is 12.1 Å². The maximum atomic E-state index is 12.5. The topological polar surface area (TPSA) is 38.0 Å². The fourth-order valence-electron chi connectivity index (χ4n) is 1.50. The molecule has 0 bridgehead atoms. The summed E-state index contributed by atoms with van der Waals surface area (Å²) in [5, 5.41) is 3.09. The van der Waals surface area contributed by atoms with E-state index in [2.05, 4.69) is 5.32 Å². The molecule has 0 saturated carbocycles. The van der Waals surface area contributed by atoms with Gasteiger partial charge < -0.3 is 11.1 Å². The Kier molecular flexibility index (Phi) is 4.76. The average Bonchev–Trinajstić information content (AvgIpc) is 2.22. The summed E-state index contributed by atoms with van der Waals surface area (Å²) in [7, 11) is 0. The van der Waals surface area contributed by atoms with Crippen molar-refractivity contribution in [2.75, 3.05) is 6.54 Å². The summed E-state index contributed by atoms with van der Waals surface area (Å²) in [4.78, 5) is 0. The van der Waals surface area contributed by atoms with Crippen LogP contribution in [0.4, 0.5) is 13.2 Å². The molecule has 1 rings (SSSR count). The maximum Gasteiger partial charge on any atom is 0.416 e. The SMILES string of the molecule is CC(C)(N)CCNCc1cccc(C(F)(F)F)c1. The molecule has 0 aliphatic carbocycles. The number of hydrogen-bond acceptors (Lipinski definition) is 2. The molecule has 1 aromatic carbocycles. The fourth-order valence-corrected chi connectivity index (χ4v) is 1.50.